The Balaban J connectivity index is 2.61. The molecule has 0 saturated carbocycles. The molecule has 0 heterocycles. The van der Waals surface area contributed by atoms with Crippen molar-refractivity contribution in [3.63, 3.8) is 0 Å². The summed E-state index contributed by atoms with van der Waals surface area (Å²) in [6.07, 6.45) is 0. The van der Waals surface area contributed by atoms with Crippen LogP contribution in [0.25, 0.3) is 0 Å². The summed E-state index contributed by atoms with van der Waals surface area (Å²) in [5.74, 6) is -2.19. The molecule has 21 heavy (non-hydrogen) atoms. The highest BCUT2D eigenvalue weighted by Gasteiger charge is 2.17. The fraction of sp³-hybridized carbons (Fsp3) is 0.562. The molecule has 0 radical (unpaired) electrons. The summed E-state index contributed by atoms with van der Waals surface area (Å²) in [7, 11) is 0. The molecule has 5 heteroatoms. The van der Waals surface area contributed by atoms with Crippen LogP contribution in [0.5, 0.6) is 0 Å². The van der Waals surface area contributed by atoms with E-state index in [4.69, 9.17) is 4.74 Å². The normalized spacial score (nSPS) is 11.8. The van der Waals surface area contributed by atoms with Gasteiger partial charge in [-0.3, -0.25) is 4.79 Å². The first-order chi connectivity index (χ1) is 9.61. The highest BCUT2D eigenvalue weighted by molar-refractivity contribution is 5.72. The number of carbonyl (C=O) groups excluding carboxylic acids is 1. The van der Waals surface area contributed by atoms with Crippen molar-refractivity contribution in [2.75, 3.05) is 6.54 Å². The third kappa shape index (κ3) is 5.42. The minimum absolute atomic E-state index is 0.0513. The van der Waals surface area contributed by atoms with Crippen LogP contribution in [-0.4, -0.2) is 18.1 Å². The lowest BCUT2D eigenvalue weighted by Gasteiger charge is -2.19. The van der Waals surface area contributed by atoms with Gasteiger partial charge in [-0.1, -0.05) is 26.0 Å². The summed E-state index contributed by atoms with van der Waals surface area (Å²) in [6.45, 7) is 8.93. The van der Waals surface area contributed by atoms with E-state index in [9.17, 15) is 13.6 Å². The van der Waals surface area contributed by atoms with E-state index in [1.54, 1.807) is 40.7 Å². The molecule has 0 aliphatic heterocycles. The molecule has 0 aliphatic rings. The van der Waals surface area contributed by atoms with Crippen LogP contribution in [-0.2, 0) is 16.1 Å². The summed E-state index contributed by atoms with van der Waals surface area (Å²) >= 11 is 0. The average molecular weight is 299 g/mol. The topological polar surface area (TPSA) is 38.3 Å². The zero-order valence-electron chi connectivity index (χ0n) is 13.2. The van der Waals surface area contributed by atoms with Crippen LogP contribution >= 0.6 is 0 Å². The molecule has 1 aromatic rings. The van der Waals surface area contributed by atoms with E-state index in [0.29, 0.717) is 5.56 Å². The van der Waals surface area contributed by atoms with Crippen molar-refractivity contribution in [1.29, 1.82) is 0 Å². The van der Waals surface area contributed by atoms with Crippen LogP contribution in [0.4, 0.5) is 8.78 Å². The van der Waals surface area contributed by atoms with Gasteiger partial charge in [-0.05, 0) is 32.3 Å². The zero-order valence-corrected chi connectivity index (χ0v) is 13.2. The molecule has 118 valence electrons. The van der Waals surface area contributed by atoms with Gasteiger partial charge in [0.1, 0.15) is 5.60 Å². The number of halogens is 2. The molecular formula is C16H23F2NO2. The molecule has 3 nitrogen and oxygen atoms in total. The van der Waals surface area contributed by atoms with Crippen molar-refractivity contribution in [1.82, 2.24) is 5.32 Å². The van der Waals surface area contributed by atoms with Crippen molar-refractivity contribution in [2.45, 2.75) is 52.7 Å². The fourth-order valence-corrected chi connectivity index (χ4v) is 1.86. The van der Waals surface area contributed by atoms with Crippen LogP contribution in [0.3, 0.4) is 0 Å². The first-order valence-corrected chi connectivity index (χ1v) is 7.01. The number of carbonyl (C=O) groups is 1. The Bertz CT molecular complexity index is 508. The summed E-state index contributed by atoms with van der Waals surface area (Å²) in [4.78, 5) is 11.5. The number of ether oxygens (including phenoxy) is 1. The van der Waals surface area contributed by atoms with Crippen molar-refractivity contribution >= 4 is 5.97 Å². The molecule has 0 fully saturated rings. The standard InChI is InChI=1S/C16H23F2NO2/c1-10(2)12-7-6-11(14(17)15(12)18)8-19-9-13(20)21-16(3,4)5/h6-7,10,19H,8-9H2,1-5H3. The highest BCUT2D eigenvalue weighted by Crippen LogP contribution is 2.22. The van der Waals surface area contributed by atoms with Gasteiger partial charge in [0.2, 0.25) is 0 Å². The van der Waals surface area contributed by atoms with Crippen LogP contribution in [0, 0.1) is 11.6 Å². The van der Waals surface area contributed by atoms with Gasteiger partial charge in [0, 0.05) is 12.1 Å². The van der Waals surface area contributed by atoms with Crippen LogP contribution < -0.4 is 5.32 Å². The number of hydrogen-bond acceptors (Lipinski definition) is 3. The summed E-state index contributed by atoms with van der Waals surface area (Å²) in [5.41, 5.74) is -0.0152. The lowest BCUT2D eigenvalue weighted by Crippen LogP contribution is -2.31. The van der Waals surface area contributed by atoms with E-state index in [-0.39, 0.29) is 24.6 Å². The minimum Gasteiger partial charge on any atom is -0.459 e. The van der Waals surface area contributed by atoms with Crippen molar-refractivity contribution in [2.24, 2.45) is 0 Å². The van der Waals surface area contributed by atoms with Crippen molar-refractivity contribution in [3.05, 3.63) is 34.9 Å². The molecular weight excluding hydrogens is 276 g/mol. The maximum absolute atomic E-state index is 13.9. The Morgan fingerprint density at radius 2 is 1.86 bits per heavy atom. The first-order valence-electron chi connectivity index (χ1n) is 7.01. The van der Waals surface area contributed by atoms with Gasteiger partial charge in [0.15, 0.2) is 11.6 Å². The molecule has 0 unspecified atom stereocenters. The van der Waals surface area contributed by atoms with Gasteiger partial charge in [0.25, 0.3) is 0 Å². The smallest absolute Gasteiger partial charge is 0.320 e. The van der Waals surface area contributed by atoms with Gasteiger partial charge in [-0.25, -0.2) is 8.78 Å². The fourth-order valence-electron chi connectivity index (χ4n) is 1.86. The third-order valence-electron chi connectivity index (χ3n) is 2.82. The second-order valence-corrected chi connectivity index (χ2v) is 6.29. The van der Waals surface area contributed by atoms with Gasteiger partial charge in [-0.2, -0.15) is 0 Å². The predicted molar refractivity (Wildman–Crippen MR) is 78.0 cm³/mol. The number of hydrogen-bond donors (Lipinski definition) is 1. The minimum atomic E-state index is -0.863. The average Bonchev–Trinajstić information content (AvgIpc) is 2.31. The van der Waals surface area contributed by atoms with Crippen LogP contribution in [0.15, 0.2) is 12.1 Å². The van der Waals surface area contributed by atoms with E-state index in [2.05, 4.69) is 5.32 Å². The SMILES string of the molecule is CC(C)c1ccc(CNCC(=O)OC(C)(C)C)c(F)c1F. The van der Waals surface area contributed by atoms with Crippen LogP contribution in [0.1, 0.15) is 51.7 Å². The Morgan fingerprint density at radius 1 is 1.24 bits per heavy atom. The van der Waals surface area contributed by atoms with Crippen LogP contribution in [0.2, 0.25) is 0 Å². The largest absolute Gasteiger partial charge is 0.459 e. The van der Waals surface area contributed by atoms with E-state index in [1.165, 1.54) is 6.07 Å². The number of nitrogens with one attached hydrogen (secondary N) is 1. The summed E-state index contributed by atoms with van der Waals surface area (Å²) in [5, 5.41) is 2.76. The van der Waals surface area contributed by atoms with E-state index >= 15 is 0 Å². The third-order valence-corrected chi connectivity index (χ3v) is 2.82. The lowest BCUT2D eigenvalue weighted by atomic mass is 10.0. The molecule has 0 spiro atoms. The second kappa shape index (κ2) is 6.98. The van der Waals surface area contributed by atoms with Crippen molar-refractivity contribution in [3.8, 4) is 0 Å². The lowest BCUT2D eigenvalue weighted by molar-refractivity contribution is -0.153. The monoisotopic (exact) mass is 299 g/mol. The Morgan fingerprint density at radius 3 is 2.38 bits per heavy atom. The van der Waals surface area contributed by atoms with Gasteiger partial charge < -0.3 is 10.1 Å². The summed E-state index contributed by atoms with van der Waals surface area (Å²) in [6, 6.07) is 3.11. The highest BCUT2D eigenvalue weighted by atomic mass is 19.2. The number of esters is 1. The molecule has 0 saturated heterocycles. The maximum atomic E-state index is 13.9. The summed E-state index contributed by atoms with van der Waals surface area (Å²) < 4.78 is 32.8. The molecule has 0 bridgehead atoms. The molecule has 1 N–H and O–H groups in total. The van der Waals surface area contributed by atoms with Gasteiger partial charge >= 0.3 is 5.97 Å². The quantitative estimate of drug-likeness (QED) is 0.845. The molecule has 0 aliphatic carbocycles. The van der Waals surface area contributed by atoms with E-state index < -0.39 is 23.2 Å². The molecule has 0 amide bonds. The number of rotatable bonds is 5. The predicted octanol–water partition coefficient (Wildman–Crippen LogP) is 3.52. The van der Waals surface area contributed by atoms with E-state index in [0.717, 1.165) is 0 Å². The molecule has 1 aromatic carbocycles. The Labute approximate surface area is 124 Å². The maximum Gasteiger partial charge on any atom is 0.320 e. The van der Waals surface area contributed by atoms with Gasteiger partial charge in [-0.15, -0.1) is 0 Å². The van der Waals surface area contributed by atoms with E-state index in [1.807, 2.05) is 0 Å². The molecule has 0 aromatic heterocycles. The Hall–Kier alpha value is -1.49. The second-order valence-electron chi connectivity index (χ2n) is 6.29. The van der Waals surface area contributed by atoms with Gasteiger partial charge in [0.05, 0.1) is 6.54 Å². The van der Waals surface area contributed by atoms with Crippen molar-refractivity contribution < 1.29 is 18.3 Å². The zero-order chi connectivity index (χ0) is 16.2. The molecule has 1 rings (SSSR count). The first kappa shape index (κ1) is 17.6. The Kier molecular flexibility index (Phi) is 5.84. The number of benzene rings is 1. The molecule has 0 atom stereocenters.